The summed E-state index contributed by atoms with van der Waals surface area (Å²) in [7, 11) is 0. The topological polar surface area (TPSA) is 68.4 Å². The van der Waals surface area contributed by atoms with E-state index in [9.17, 15) is 10.1 Å². The molecule has 0 aliphatic rings. The molecule has 0 saturated heterocycles. The Hall–Kier alpha value is -3.06. The van der Waals surface area contributed by atoms with Gasteiger partial charge in [0.05, 0.1) is 15.5 Å². The van der Waals surface area contributed by atoms with Crippen LogP contribution in [-0.2, 0) is 0 Å². The highest BCUT2D eigenvalue weighted by molar-refractivity contribution is 7.19. The molecule has 0 spiro atoms. The first-order valence-corrected chi connectivity index (χ1v) is 10.4. The SMILES string of the molecule is O=[N+]([O-])c1ccc(-c2sc(N=Cc3cccc(Cl)c3)nc2-c2ccc(Cl)cc2)cc1. The monoisotopic (exact) mass is 453 g/mol. The molecule has 0 bridgehead atoms. The number of non-ortho nitro benzene ring substituents is 1. The second-order valence-electron chi connectivity index (χ2n) is 6.30. The highest BCUT2D eigenvalue weighted by atomic mass is 35.5. The number of aliphatic imine (C=N–C) groups is 1. The molecule has 0 fully saturated rings. The van der Waals surface area contributed by atoms with E-state index in [4.69, 9.17) is 28.2 Å². The molecule has 0 amide bonds. The van der Waals surface area contributed by atoms with Gasteiger partial charge in [0.2, 0.25) is 5.13 Å². The molecule has 3 aromatic carbocycles. The van der Waals surface area contributed by atoms with E-state index in [0.29, 0.717) is 15.2 Å². The van der Waals surface area contributed by atoms with Crippen molar-refractivity contribution in [2.75, 3.05) is 0 Å². The molecule has 0 N–H and O–H groups in total. The normalized spacial score (nSPS) is 11.1. The van der Waals surface area contributed by atoms with E-state index in [-0.39, 0.29) is 5.69 Å². The zero-order valence-corrected chi connectivity index (χ0v) is 17.7. The van der Waals surface area contributed by atoms with Crippen molar-refractivity contribution in [1.82, 2.24) is 4.98 Å². The Kier molecular flexibility index (Phi) is 5.90. The van der Waals surface area contributed by atoms with Gasteiger partial charge in [-0.25, -0.2) is 9.98 Å². The fraction of sp³-hybridized carbons (Fsp3) is 0. The Morgan fingerprint density at radius 3 is 2.30 bits per heavy atom. The summed E-state index contributed by atoms with van der Waals surface area (Å²) in [6.07, 6.45) is 1.70. The number of aromatic nitrogens is 1. The third-order valence-electron chi connectivity index (χ3n) is 4.25. The summed E-state index contributed by atoms with van der Waals surface area (Å²) in [5, 5.41) is 12.8. The molecule has 4 aromatic rings. The minimum absolute atomic E-state index is 0.0375. The molecule has 0 atom stereocenters. The van der Waals surface area contributed by atoms with Gasteiger partial charge in [0, 0.05) is 34.0 Å². The standard InChI is InChI=1S/C22H13Cl2N3O2S/c23-17-8-4-15(5-9-17)20-21(16-6-10-19(11-7-16)27(28)29)30-22(26-20)25-13-14-2-1-3-18(24)12-14/h1-13H. The average molecular weight is 454 g/mol. The second-order valence-corrected chi connectivity index (χ2v) is 8.15. The number of thiazole rings is 1. The van der Waals surface area contributed by atoms with Gasteiger partial charge < -0.3 is 0 Å². The molecule has 1 aromatic heterocycles. The molecule has 8 heteroatoms. The third-order valence-corrected chi connectivity index (χ3v) is 5.75. The van der Waals surface area contributed by atoms with Crippen LogP contribution in [0.3, 0.4) is 0 Å². The van der Waals surface area contributed by atoms with E-state index >= 15 is 0 Å². The fourth-order valence-corrected chi connectivity index (χ4v) is 4.08. The van der Waals surface area contributed by atoms with Gasteiger partial charge in [-0.05, 0) is 47.5 Å². The van der Waals surface area contributed by atoms with Crippen molar-refractivity contribution in [1.29, 1.82) is 0 Å². The lowest BCUT2D eigenvalue weighted by molar-refractivity contribution is -0.384. The molecule has 30 heavy (non-hydrogen) atoms. The van der Waals surface area contributed by atoms with Crippen LogP contribution in [0.4, 0.5) is 10.8 Å². The average Bonchev–Trinajstić information content (AvgIpc) is 3.17. The number of hydrogen-bond donors (Lipinski definition) is 0. The molecule has 0 radical (unpaired) electrons. The number of nitro benzene ring substituents is 1. The van der Waals surface area contributed by atoms with E-state index in [2.05, 4.69) is 4.99 Å². The molecular weight excluding hydrogens is 441 g/mol. The van der Waals surface area contributed by atoms with E-state index in [0.717, 1.165) is 27.3 Å². The molecule has 0 unspecified atom stereocenters. The highest BCUT2D eigenvalue weighted by Gasteiger charge is 2.16. The predicted octanol–water partition coefficient (Wildman–Crippen LogP) is 7.44. The van der Waals surface area contributed by atoms with E-state index in [1.807, 2.05) is 30.3 Å². The Balaban J connectivity index is 1.76. The molecule has 0 aliphatic carbocycles. The van der Waals surface area contributed by atoms with Gasteiger partial charge in [-0.3, -0.25) is 10.1 Å². The van der Waals surface area contributed by atoms with Gasteiger partial charge in [0.25, 0.3) is 5.69 Å². The number of rotatable bonds is 5. The minimum atomic E-state index is -0.419. The Morgan fingerprint density at radius 1 is 0.933 bits per heavy atom. The second kappa shape index (κ2) is 8.75. The van der Waals surface area contributed by atoms with Crippen LogP contribution in [-0.4, -0.2) is 16.1 Å². The first-order valence-electron chi connectivity index (χ1n) is 8.81. The van der Waals surface area contributed by atoms with Crippen LogP contribution in [0.25, 0.3) is 21.7 Å². The van der Waals surface area contributed by atoms with Crippen LogP contribution < -0.4 is 0 Å². The first kappa shape index (κ1) is 20.2. The quantitative estimate of drug-likeness (QED) is 0.179. The van der Waals surface area contributed by atoms with Gasteiger partial charge >= 0.3 is 0 Å². The minimum Gasteiger partial charge on any atom is -0.258 e. The number of halogens is 2. The summed E-state index contributed by atoms with van der Waals surface area (Å²) in [5.41, 5.74) is 3.35. The molecule has 0 aliphatic heterocycles. The van der Waals surface area contributed by atoms with Gasteiger partial charge in [-0.2, -0.15) is 0 Å². The van der Waals surface area contributed by atoms with Crippen molar-refractivity contribution in [3.8, 4) is 21.7 Å². The zero-order chi connectivity index (χ0) is 21.1. The Morgan fingerprint density at radius 2 is 1.63 bits per heavy atom. The first-order chi connectivity index (χ1) is 14.5. The molecule has 4 rings (SSSR count). The van der Waals surface area contributed by atoms with Crippen LogP contribution in [0.5, 0.6) is 0 Å². The molecule has 1 heterocycles. The maximum atomic E-state index is 11.0. The van der Waals surface area contributed by atoms with Crippen molar-refractivity contribution < 1.29 is 4.92 Å². The number of benzene rings is 3. The predicted molar refractivity (Wildman–Crippen MR) is 123 cm³/mol. The molecular formula is C22H13Cl2N3O2S. The summed E-state index contributed by atoms with van der Waals surface area (Å²) in [6, 6.07) is 21.1. The number of nitro groups is 1. The fourth-order valence-electron chi connectivity index (χ4n) is 2.81. The van der Waals surface area contributed by atoms with Crippen molar-refractivity contribution in [2.45, 2.75) is 0 Å². The Bertz CT molecular complexity index is 1240. The van der Waals surface area contributed by atoms with E-state index in [1.165, 1.54) is 23.5 Å². The molecule has 5 nitrogen and oxygen atoms in total. The van der Waals surface area contributed by atoms with Crippen molar-refractivity contribution in [2.24, 2.45) is 4.99 Å². The summed E-state index contributed by atoms with van der Waals surface area (Å²) >= 11 is 13.5. The van der Waals surface area contributed by atoms with Crippen LogP contribution in [0, 0.1) is 10.1 Å². The highest BCUT2D eigenvalue weighted by Crippen LogP contribution is 2.40. The zero-order valence-electron chi connectivity index (χ0n) is 15.3. The number of nitrogens with zero attached hydrogens (tertiary/aromatic N) is 3. The maximum Gasteiger partial charge on any atom is 0.269 e. The van der Waals surface area contributed by atoms with E-state index < -0.39 is 4.92 Å². The summed E-state index contributed by atoms with van der Waals surface area (Å²) < 4.78 is 0. The number of hydrogen-bond acceptors (Lipinski definition) is 5. The molecule has 0 saturated carbocycles. The summed E-state index contributed by atoms with van der Waals surface area (Å²) in [6.45, 7) is 0. The van der Waals surface area contributed by atoms with Crippen molar-refractivity contribution in [3.63, 3.8) is 0 Å². The van der Waals surface area contributed by atoms with Crippen LogP contribution in [0.2, 0.25) is 10.0 Å². The largest absolute Gasteiger partial charge is 0.269 e. The van der Waals surface area contributed by atoms with Gasteiger partial charge in [0.15, 0.2) is 0 Å². The van der Waals surface area contributed by atoms with Crippen LogP contribution in [0.1, 0.15) is 5.56 Å². The van der Waals surface area contributed by atoms with Gasteiger partial charge in [-0.15, -0.1) is 0 Å². The summed E-state index contributed by atoms with van der Waals surface area (Å²) in [4.78, 5) is 20.6. The summed E-state index contributed by atoms with van der Waals surface area (Å²) in [5.74, 6) is 0. The molecule has 148 valence electrons. The van der Waals surface area contributed by atoms with E-state index in [1.54, 1.807) is 36.5 Å². The lowest BCUT2D eigenvalue weighted by Gasteiger charge is -2.03. The lowest BCUT2D eigenvalue weighted by Crippen LogP contribution is -1.87. The van der Waals surface area contributed by atoms with Crippen molar-refractivity contribution in [3.05, 3.63) is 98.5 Å². The lowest BCUT2D eigenvalue weighted by atomic mass is 10.1. The smallest absolute Gasteiger partial charge is 0.258 e. The van der Waals surface area contributed by atoms with Crippen LogP contribution >= 0.6 is 34.5 Å². The van der Waals surface area contributed by atoms with Crippen molar-refractivity contribution >= 4 is 51.6 Å². The van der Waals surface area contributed by atoms with Gasteiger partial charge in [-0.1, -0.05) is 58.8 Å². The van der Waals surface area contributed by atoms with Gasteiger partial charge in [0.1, 0.15) is 0 Å². The maximum absolute atomic E-state index is 11.0. The Labute approximate surface area is 186 Å². The van der Waals surface area contributed by atoms with Crippen LogP contribution in [0.15, 0.2) is 77.8 Å². The third kappa shape index (κ3) is 4.57.